The number of carbonyl (C=O) groups is 1. The highest BCUT2D eigenvalue weighted by molar-refractivity contribution is 5.93. The van der Waals surface area contributed by atoms with Crippen LogP contribution in [0, 0.1) is 0 Å². The van der Waals surface area contributed by atoms with Crippen LogP contribution in [0.2, 0.25) is 0 Å². The van der Waals surface area contributed by atoms with E-state index in [2.05, 4.69) is 0 Å². The number of carboxylic acids is 1. The van der Waals surface area contributed by atoms with Crippen LogP contribution in [0.15, 0.2) is 18.2 Å². The highest BCUT2D eigenvalue weighted by atomic mass is 16.5. The Bertz CT molecular complexity index is 399. The number of hydrogen-bond donors (Lipinski definition) is 2. The SMILES string of the molecule is Nc1cc(OC2CCOC2)ccc1C(=O)O. The van der Waals surface area contributed by atoms with Gasteiger partial charge in [-0.15, -0.1) is 0 Å². The van der Waals surface area contributed by atoms with Crippen molar-refractivity contribution in [3.63, 3.8) is 0 Å². The van der Waals surface area contributed by atoms with Gasteiger partial charge >= 0.3 is 5.97 Å². The summed E-state index contributed by atoms with van der Waals surface area (Å²) in [6.45, 7) is 1.27. The molecule has 0 aromatic heterocycles. The third-order valence-electron chi connectivity index (χ3n) is 2.44. The maximum absolute atomic E-state index is 10.7. The van der Waals surface area contributed by atoms with Crippen molar-refractivity contribution in [2.75, 3.05) is 18.9 Å². The van der Waals surface area contributed by atoms with Gasteiger partial charge in [0.25, 0.3) is 0 Å². The Morgan fingerprint density at radius 1 is 1.56 bits per heavy atom. The van der Waals surface area contributed by atoms with Gasteiger partial charge < -0.3 is 20.3 Å². The van der Waals surface area contributed by atoms with Crippen molar-refractivity contribution >= 4 is 11.7 Å². The van der Waals surface area contributed by atoms with Crippen LogP contribution in [-0.4, -0.2) is 30.4 Å². The molecule has 0 radical (unpaired) electrons. The molecule has 0 spiro atoms. The molecular weight excluding hydrogens is 210 g/mol. The molecule has 1 atom stereocenters. The largest absolute Gasteiger partial charge is 0.488 e. The Morgan fingerprint density at radius 3 is 2.94 bits per heavy atom. The molecule has 3 N–H and O–H groups in total. The summed E-state index contributed by atoms with van der Waals surface area (Å²) < 4.78 is 10.8. The summed E-state index contributed by atoms with van der Waals surface area (Å²) >= 11 is 0. The van der Waals surface area contributed by atoms with Crippen molar-refractivity contribution in [1.82, 2.24) is 0 Å². The number of ether oxygens (including phenoxy) is 2. The van der Waals surface area contributed by atoms with Crippen molar-refractivity contribution in [3.05, 3.63) is 23.8 Å². The first-order chi connectivity index (χ1) is 7.66. The first kappa shape index (κ1) is 10.8. The number of nitrogen functional groups attached to an aromatic ring is 1. The van der Waals surface area contributed by atoms with Crippen LogP contribution in [0.25, 0.3) is 0 Å². The minimum atomic E-state index is -1.03. The number of hydrogen-bond acceptors (Lipinski definition) is 4. The van der Waals surface area contributed by atoms with E-state index in [0.717, 1.165) is 6.42 Å². The average molecular weight is 223 g/mol. The topological polar surface area (TPSA) is 81.8 Å². The Kier molecular flexibility index (Phi) is 2.96. The molecule has 1 aliphatic rings. The smallest absolute Gasteiger partial charge is 0.337 e. The molecule has 1 unspecified atom stereocenters. The van der Waals surface area contributed by atoms with Gasteiger partial charge in [0.1, 0.15) is 11.9 Å². The fraction of sp³-hybridized carbons (Fsp3) is 0.364. The van der Waals surface area contributed by atoms with Gasteiger partial charge in [0.05, 0.1) is 18.8 Å². The van der Waals surface area contributed by atoms with E-state index in [1.54, 1.807) is 6.07 Å². The van der Waals surface area contributed by atoms with Gasteiger partial charge in [-0.1, -0.05) is 0 Å². The van der Waals surface area contributed by atoms with Gasteiger partial charge in [0.15, 0.2) is 0 Å². The zero-order chi connectivity index (χ0) is 11.5. The number of aromatic carboxylic acids is 1. The summed E-state index contributed by atoms with van der Waals surface area (Å²) in [5.74, 6) is -0.453. The van der Waals surface area contributed by atoms with Crippen LogP contribution < -0.4 is 10.5 Å². The molecule has 1 aromatic carbocycles. The number of carboxylic acid groups (broad SMARTS) is 1. The summed E-state index contributed by atoms with van der Waals surface area (Å²) in [4.78, 5) is 10.7. The number of anilines is 1. The van der Waals surface area contributed by atoms with Crippen LogP contribution in [0.4, 0.5) is 5.69 Å². The van der Waals surface area contributed by atoms with Gasteiger partial charge in [0.2, 0.25) is 0 Å². The second kappa shape index (κ2) is 4.40. The third kappa shape index (κ3) is 2.25. The fourth-order valence-electron chi connectivity index (χ4n) is 1.61. The summed E-state index contributed by atoms with van der Waals surface area (Å²) in [5, 5.41) is 8.80. The van der Waals surface area contributed by atoms with Crippen molar-refractivity contribution in [3.8, 4) is 5.75 Å². The third-order valence-corrected chi connectivity index (χ3v) is 2.44. The molecule has 1 heterocycles. The lowest BCUT2D eigenvalue weighted by Crippen LogP contribution is -2.16. The Balaban J connectivity index is 2.11. The lowest BCUT2D eigenvalue weighted by molar-refractivity contribution is 0.0698. The molecule has 1 saturated heterocycles. The zero-order valence-corrected chi connectivity index (χ0v) is 8.68. The van der Waals surface area contributed by atoms with Gasteiger partial charge in [0, 0.05) is 18.2 Å². The molecule has 16 heavy (non-hydrogen) atoms. The van der Waals surface area contributed by atoms with E-state index in [0.29, 0.717) is 19.0 Å². The van der Waals surface area contributed by atoms with E-state index >= 15 is 0 Å². The molecule has 0 saturated carbocycles. The van der Waals surface area contributed by atoms with E-state index in [9.17, 15) is 4.79 Å². The monoisotopic (exact) mass is 223 g/mol. The molecule has 5 nitrogen and oxygen atoms in total. The molecule has 0 aliphatic carbocycles. The second-order valence-electron chi connectivity index (χ2n) is 3.66. The van der Waals surface area contributed by atoms with E-state index < -0.39 is 5.97 Å². The predicted octanol–water partition coefficient (Wildman–Crippen LogP) is 1.13. The standard InChI is InChI=1S/C11H13NO4/c12-10-5-7(1-2-9(10)11(13)14)16-8-3-4-15-6-8/h1-2,5,8H,3-4,6,12H2,(H,13,14). The second-order valence-corrected chi connectivity index (χ2v) is 3.66. The minimum absolute atomic E-state index is 0.0371. The summed E-state index contributed by atoms with van der Waals surface area (Å²) in [7, 11) is 0. The first-order valence-corrected chi connectivity index (χ1v) is 5.04. The lowest BCUT2D eigenvalue weighted by atomic mass is 10.2. The molecular formula is C11H13NO4. The van der Waals surface area contributed by atoms with Crippen molar-refractivity contribution < 1.29 is 19.4 Å². The summed E-state index contributed by atoms with van der Waals surface area (Å²) in [5.41, 5.74) is 5.91. The van der Waals surface area contributed by atoms with E-state index in [-0.39, 0.29) is 17.4 Å². The van der Waals surface area contributed by atoms with Crippen molar-refractivity contribution in [1.29, 1.82) is 0 Å². The fourth-order valence-corrected chi connectivity index (χ4v) is 1.61. The van der Waals surface area contributed by atoms with Crippen LogP contribution >= 0.6 is 0 Å². The maximum Gasteiger partial charge on any atom is 0.337 e. The van der Waals surface area contributed by atoms with Crippen molar-refractivity contribution in [2.45, 2.75) is 12.5 Å². The molecule has 0 bridgehead atoms. The van der Waals surface area contributed by atoms with Gasteiger partial charge in [-0.05, 0) is 12.1 Å². The highest BCUT2D eigenvalue weighted by Crippen LogP contribution is 2.22. The first-order valence-electron chi connectivity index (χ1n) is 5.04. The summed E-state index contributed by atoms with van der Waals surface area (Å²) in [6, 6.07) is 4.59. The van der Waals surface area contributed by atoms with Gasteiger partial charge in [-0.3, -0.25) is 0 Å². The Labute approximate surface area is 92.8 Å². The predicted molar refractivity (Wildman–Crippen MR) is 57.7 cm³/mol. The molecule has 1 aromatic rings. The number of nitrogens with two attached hydrogens (primary N) is 1. The Hall–Kier alpha value is -1.75. The highest BCUT2D eigenvalue weighted by Gasteiger charge is 2.17. The molecule has 1 fully saturated rings. The average Bonchev–Trinajstić information content (AvgIpc) is 2.70. The molecule has 0 amide bonds. The maximum atomic E-state index is 10.7. The summed E-state index contributed by atoms with van der Waals surface area (Å²) in [6.07, 6.45) is 0.885. The van der Waals surface area contributed by atoms with E-state index in [1.165, 1.54) is 12.1 Å². The molecule has 5 heteroatoms. The molecule has 86 valence electrons. The van der Waals surface area contributed by atoms with Gasteiger partial charge in [-0.2, -0.15) is 0 Å². The lowest BCUT2D eigenvalue weighted by Gasteiger charge is -2.12. The molecule has 1 aliphatic heterocycles. The Morgan fingerprint density at radius 2 is 2.38 bits per heavy atom. The number of benzene rings is 1. The van der Waals surface area contributed by atoms with Crippen LogP contribution in [0.5, 0.6) is 5.75 Å². The number of rotatable bonds is 3. The minimum Gasteiger partial charge on any atom is -0.488 e. The van der Waals surface area contributed by atoms with E-state index in [1.807, 2.05) is 0 Å². The van der Waals surface area contributed by atoms with Crippen LogP contribution in [-0.2, 0) is 4.74 Å². The van der Waals surface area contributed by atoms with Crippen molar-refractivity contribution in [2.24, 2.45) is 0 Å². The van der Waals surface area contributed by atoms with Gasteiger partial charge in [-0.25, -0.2) is 4.79 Å². The van der Waals surface area contributed by atoms with Crippen LogP contribution in [0.1, 0.15) is 16.8 Å². The quantitative estimate of drug-likeness (QED) is 0.751. The van der Waals surface area contributed by atoms with E-state index in [4.69, 9.17) is 20.3 Å². The normalized spacial score (nSPS) is 19.6. The van der Waals surface area contributed by atoms with Crippen LogP contribution in [0.3, 0.4) is 0 Å². The molecule has 2 rings (SSSR count). The zero-order valence-electron chi connectivity index (χ0n) is 8.68.